The van der Waals surface area contributed by atoms with Gasteiger partial charge in [-0.25, -0.2) is 0 Å². The number of hydrogen-bond acceptors (Lipinski definition) is 2. The monoisotopic (exact) mass is 194 g/mol. The summed E-state index contributed by atoms with van der Waals surface area (Å²) in [5.74, 6) is -0.218. The van der Waals surface area contributed by atoms with Gasteiger partial charge in [-0.1, -0.05) is 6.92 Å². The first-order valence-corrected chi connectivity index (χ1v) is 3.52. The van der Waals surface area contributed by atoms with Gasteiger partial charge in [-0.2, -0.15) is 0 Å². The van der Waals surface area contributed by atoms with Gasteiger partial charge in [-0.15, -0.1) is 0 Å². The molecular weight excluding hydrogens is 184 g/mol. The molecule has 0 saturated carbocycles. The average molecular weight is 195 g/mol. The lowest BCUT2D eigenvalue weighted by atomic mass is 9.91. The number of halogens is 1. The van der Waals surface area contributed by atoms with Crippen LogP contribution in [0.3, 0.4) is 0 Å². The molecule has 3 heteroatoms. The summed E-state index contributed by atoms with van der Waals surface area (Å²) in [6.45, 7) is 5.64. The normalized spacial score (nSPS) is 11.1. The van der Waals surface area contributed by atoms with Gasteiger partial charge in [0, 0.05) is 0 Å². The molecule has 2 nitrogen and oxygen atoms in total. The van der Waals surface area contributed by atoms with E-state index in [4.69, 9.17) is 0 Å². The molecule has 0 atom stereocenters. The van der Waals surface area contributed by atoms with E-state index < -0.39 is 0 Å². The Kier molecular flexibility index (Phi) is 3.18. The molecule has 0 aromatic heterocycles. The van der Waals surface area contributed by atoms with Gasteiger partial charge in [0.15, 0.2) is 16.3 Å². The highest BCUT2D eigenvalue weighted by atomic mass is 79.9. The fourth-order valence-electron chi connectivity index (χ4n) is 0.249. The van der Waals surface area contributed by atoms with Crippen LogP contribution in [0.15, 0.2) is 0 Å². The summed E-state index contributed by atoms with van der Waals surface area (Å²) in [6.07, 6.45) is 0.789. The summed E-state index contributed by atoms with van der Waals surface area (Å²) in [5.41, 5.74) is -0.358. The number of hydrogen-bond donors (Lipinski definition) is 0. The van der Waals surface area contributed by atoms with Crippen LogP contribution in [0.25, 0.3) is 0 Å². The van der Waals surface area contributed by atoms with Crippen LogP contribution >= 0.6 is 16.3 Å². The zero-order chi connectivity index (χ0) is 7.49. The van der Waals surface area contributed by atoms with Crippen molar-refractivity contribution in [3.63, 3.8) is 0 Å². The van der Waals surface area contributed by atoms with Crippen LogP contribution in [-0.2, 0) is 8.62 Å². The van der Waals surface area contributed by atoms with Gasteiger partial charge in [-0.3, -0.25) is 4.79 Å². The second kappa shape index (κ2) is 3.20. The molecule has 54 valence electrons. The minimum Gasteiger partial charge on any atom is -0.383 e. The Labute approximate surface area is 64.0 Å². The Morgan fingerprint density at radius 1 is 1.67 bits per heavy atom. The van der Waals surface area contributed by atoms with Crippen LogP contribution in [0.4, 0.5) is 0 Å². The summed E-state index contributed by atoms with van der Waals surface area (Å²) < 4.78 is 4.38. The van der Waals surface area contributed by atoms with E-state index in [-0.39, 0.29) is 11.4 Å². The smallest absolute Gasteiger partial charge is 0.322 e. The zero-order valence-corrected chi connectivity index (χ0v) is 7.49. The first-order valence-electron chi connectivity index (χ1n) is 2.87. The van der Waals surface area contributed by atoms with E-state index in [0.717, 1.165) is 6.42 Å². The molecule has 0 rings (SSSR count). The van der Waals surface area contributed by atoms with Crippen LogP contribution in [0.1, 0.15) is 27.2 Å². The minimum atomic E-state index is -0.358. The number of rotatable bonds is 2. The lowest BCUT2D eigenvalue weighted by Crippen LogP contribution is -2.22. The molecule has 0 bridgehead atoms. The molecule has 9 heavy (non-hydrogen) atoms. The Morgan fingerprint density at radius 3 is 2.22 bits per heavy atom. The Bertz CT molecular complexity index is 110. The predicted molar refractivity (Wildman–Crippen MR) is 39.1 cm³/mol. The molecule has 0 unspecified atom stereocenters. The van der Waals surface area contributed by atoms with E-state index >= 15 is 0 Å². The van der Waals surface area contributed by atoms with E-state index in [1.54, 1.807) is 0 Å². The standard InChI is InChI=1S/C6H11BrO2/c1-4-6(2,3)5(8)9-7/h4H2,1-3H3. The van der Waals surface area contributed by atoms with Crippen molar-refractivity contribution in [3.05, 3.63) is 0 Å². The highest BCUT2D eigenvalue weighted by Crippen LogP contribution is 2.22. The Hall–Kier alpha value is -0.0500. The SMILES string of the molecule is CCC(C)(C)C(=O)OBr. The van der Waals surface area contributed by atoms with Gasteiger partial charge in [0.2, 0.25) is 0 Å². The van der Waals surface area contributed by atoms with E-state index in [0.29, 0.717) is 0 Å². The number of carbonyl (C=O) groups is 1. The van der Waals surface area contributed by atoms with Crippen LogP contribution in [0, 0.1) is 5.41 Å². The summed E-state index contributed by atoms with van der Waals surface area (Å²) in [4.78, 5) is 10.8. The lowest BCUT2D eigenvalue weighted by molar-refractivity contribution is -0.141. The van der Waals surface area contributed by atoms with E-state index in [1.807, 2.05) is 20.8 Å². The quantitative estimate of drug-likeness (QED) is 0.675. The molecule has 0 radical (unpaired) electrons. The summed E-state index contributed by atoms with van der Waals surface area (Å²) in [5, 5.41) is 0. The van der Waals surface area contributed by atoms with Crippen molar-refractivity contribution < 1.29 is 8.62 Å². The van der Waals surface area contributed by atoms with Gasteiger partial charge in [0.05, 0.1) is 5.41 Å². The Morgan fingerprint density at radius 2 is 2.11 bits per heavy atom. The van der Waals surface area contributed by atoms with E-state index in [1.165, 1.54) is 0 Å². The third-order valence-electron chi connectivity index (χ3n) is 1.51. The van der Waals surface area contributed by atoms with Crippen molar-refractivity contribution in [2.24, 2.45) is 5.41 Å². The van der Waals surface area contributed by atoms with Gasteiger partial charge in [0.1, 0.15) is 0 Å². The fourth-order valence-corrected chi connectivity index (χ4v) is 0.687. The van der Waals surface area contributed by atoms with Crippen LogP contribution in [0.5, 0.6) is 0 Å². The third-order valence-corrected chi connectivity index (χ3v) is 1.80. The molecule has 0 heterocycles. The van der Waals surface area contributed by atoms with Crippen molar-refractivity contribution in [1.82, 2.24) is 0 Å². The highest BCUT2D eigenvalue weighted by molar-refractivity contribution is 9.06. The zero-order valence-electron chi connectivity index (χ0n) is 5.90. The maximum Gasteiger partial charge on any atom is 0.322 e. The molecule has 0 aromatic rings. The van der Waals surface area contributed by atoms with Gasteiger partial charge < -0.3 is 3.83 Å². The molecular formula is C6H11BrO2. The van der Waals surface area contributed by atoms with Crippen LogP contribution < -0.4 is 0 Å². The van der Waals surface area contributed by atoms with Crippen molar-refractivity contribution in [1.29, 1.82) is 0 Å². The van der Waals surface area contributed by atoms with E-state index in [9.17, 15) is 4.79 Å². The first kappa shape index (κ1) is 8.95. The lowest BCUT2D eigenvalue weighted by Gasteiger charge is -2.16. The van der Waals surface area contributed by atoms with E-state index in [2.05, 4.69) is 20.1 Å². The van der Waals surface area contributed by atoms with Crippen molar-refractivity contribution >= 4 is 22.2 Å². The second-order valence-corrected chi connectivity index (χ2v) is 2.93. The molecule has 0 aromatic carbocycles. The van der Waals surface area contributed by atoms with Crippen LogP contribution in [0.2, 0.25) is 0 Å². The fraction of sp³-hybridized carbons (Fsp3) is 0.833. The molecule has 0 amide bonds. The van der Waals surface area contributed by atoms with Crippen LogP contribution in [-0.4, -0.2) is 5.97 Å². The molecule has 0 aliphatic heterocycles. The van der Waals surface area contributed by atoms with Gasteiger partial charge >= 0.3 is 5.97 Å². The summed E-state index contributed by atoms with van der Waals surface area (Å²) >= 11 is 2.64. The minimum absolute atomic E-state index is 0.218. The molecule has 0 aliphatic carbocycles. The average Bonchev–Trinajstić information content (AvgIpc) is 1.86. The topological polar surface area (TPSA) is 26.3 Å². The molecule has 0 saturated heterocycles. The second-order valence-electron chi connectivity index (χ2n) is 2.60. The highest BCUT2D eigenvalue weighted by Gasteiger charge is 2.26. The summed E-state index contributed by atoms with van der Waals surface area (Å²) in [6, 6.07) is 0. The maximum absolute atomic E-state index is 10.8. The largest absolute Gasteiger partial charge is 0.383 e. The molecule has 0 N–H and O–H groups in total. The number of carbonyl (C=O) groups excluding carboxylic acids is 1. The van der Waals surface area contributed by atoms with Gasteiger partial charge in [0.25, 0.3) is 0 Å². The van der Waals surface area contributed by atoms with Crippen molar-refractivity contribution in [3.8, 4) is 0 Å². The summed E-state index contributed by atoms with van der Waals surface area (Å²) in [7, 11) is 0. The maximum atomic E-state index is 10.8. The first-order chi connectivity index (χ1) is 4.04. The van der Waals surface area contributed by atoms with Crippen molar-refractivity contribution in [2.75, 3.05) is 0 Å². The van der Waals surface area contributed by atoms with Gasteiger partial charge in [-0.05, 0) is 20.3 Å². The molecule has 0 aliphatic rings. The predicted octanol–water partition coefficient (Wildman–Crippen LogP) is 2.28. The molecule has 0 fully saturated rings. The Balaban J connectivity index is 3.97. The molecule has 0 spiro atoms. The van der Waals surface area contributed by atoms with Crippen molar-refractivity contribution in [2.45, 2.75) is 27.2 Å². The third kappa shape index (κ3) is 2.35.